The lowest BCUT2D eigenvalue weighted by Gasteiger charge is -2.25. The Balaban J connectivity index is 1.43. The highest BCUT2D eigenvalue weighted by molar-refractivity contribution is 8.01. The maximum absolute atomic E-state index is 13.0. The standard InChI is InChI=1S/C20H17ClN4O3S2/c1-2-20(12-6-4-3-5-7-12)17(27)25(18(28)23-20)24-16(26)11-29-19-22-14-10-13(21)8-9-15(14)30-19/h3-10H,2,11H2,1H3,(H,23,28)(H,24,26). The lowest BCUT2D eigenvalue weighted by molar-refractivity contribution is -0.138. The van der Waals surface area contributed by atoms with Crippen molar-refractivity contribution in [1.82, 2.24) is 20.7 Å². The zero-order valence-corrected chi connectivity index (χ0v) is 18.2. The van der Waals surface area contributed by atoms with Gasteiger partial charge in [-0.05, 0) is 30.2 Å². The number of benzene rings is 2. The van der Waals surface area contributed by atoms with Crippen LogP contribution in [0.4, 0.5) is 4.79 Å². The monoisotopic (exact) mass is 460 g/mol. The molecular weight excluding hydrogens is 444 g/mol. The van der Waals surface area contributed by atoms with Crippen LogP contribution in [-0.2, 0) is 15.1 Å². The lowest BCUT2D eigenvalue weighted by atomic mass is 9.87. The van der Waals surface area contributed by atoms with E-state index < -0.39 is 23.4 Å². The van der Waals surface area contributed by atoms with Gasteiger partial charge in [0.15, 0.2) is 4.34 Å². The van der Waals surface area contributed by atoms with Crippen LogP contribution in [0.3, 0.4) is 0 Å². The van der Waals surface area contributed by atoms with Crippen molar-refractivity contribution in [3.63, 3.8) is 0 Å². The Morgan fingerprint density at radius 3 is 2.77 bits per heavy atom. The zero-order valence-electron chi connectivity index (χ0n) is 15.8. The molecule has 1 saturated heterocycles. The van der Waals surface area contributed by atoms with E-state index in [4.69, 9.17) is 11.6 Å². The first-order valence-corrected chi connectivity index (χ1v) is 11.3. The van der Waals surface area contributed by atoms with Gasteiger partial charge in [-0.3, -0.25) is 15.0 Å². The van der Waals surface area contributed by atoms with E-state index in [1.54, 1.807) is 36.4 Å². The molecule has 1 aliphatic rings. The Hall–Kier alpha value is -2.62. The van der Waals surface area contributed by atoms with E-state index in [0.29, 0.717) is 21.3 Å². The summed E-state index contributed by atoms with van der Waals surface area (Å²) in [5, 5.41) is 4.09. The van der Waals surface area contributed by atoms with E-state index in [2.05, 4.69) is 15.7 Å². The number of thiazole rings is 1. The highest BCUT2D eigenvalue weighted by Gasteiger charge is 2.52. The first-order chi connectivity index (χ1) is 14.4. The average molecular weight is 461 g/mol. The minimum atomic E-state index is -1.19. The summed E-state index contributed by atoms with van der Waals surface area (Å²) in [6.45, 7) is 1.81. The normalized spacial score (nSPS) is 18.7. The number of hydrogen-bond acceptors (Lipinski definition) is 6. The minimum Gasteiger partial charge on any atom is -0.318 e. The summed E-state index contributed by atoms with van der Waals surface area (Å²) in [6.07, 6.45) is 0.358. The number of hydrogen-bond donors (Lipinski definition) is 2. The number of carbonyl (C=O) groups excluding carboxylic acids is 3. The van der Waals surface area contributed by atoms with Crippen LogP contribution in [0.5, 0.6) is 0 Å². The summed E-state index contributed by atoms with van der Waals surface area (Å²) in [6, 6.07) is 13.8. The zero-order chi connectivity index (χ0) is 21.3. The molecule has 0 radical (unpaired) electrons. The van der Waals surface area contributed by atoms with Crippen LogP contribution in [0.1, 0.15) is 18.9 Å². The molecule has 1 aliphatic heterocycles. The van der Waals surface area contributed by atoms with Crippen molar-refractivity contribution >= 4 is 62.8 Å². The molecule has 0 aliphatic carbocycles. The molecule has 3 aromatic rings. The Morgan fingerprint density at radius 1 is 1.27 bits per heavy atom. The number of hydrazine groups is 1. The van der Waals surface area contributed by atoms with E-state index >= 15 is 0 Å². The summed E-state index contributed by atoms with van der Waals surface area (Å²) >= 11 is 8.65. The summed E-state index contributed by atoms with van der Waals surface area (Å²) < 4.78 is 1.67. The molecule has 2 heterocycles. The third kappa shape index (κ3) is 3.76. The molecular formula is C20H17ClN4O3S2. The van der Waals surface area contributed by atoms with Crippen LogP contribution >= 0.6 is 34.7 Å². The smallest absolute Gasteiger partial charge is 0.318 e. The molecule has 0 saturated carbocycles. The number of carbonyl (C=O) groups is 3. The molecule has 0 spiro atoms. The Morgan fingerprint density at radius 2 is 2.03 bits per heavy atom. The Labute approximate surface area is 185 Å². The SMILES string of the molecule is CCC1(c2ccccc2)NC(=O)N(NC(=O)CSc2nc3cc(Cl)ccc3s2)C1=O. The largest absolute Gasteiger partial charge is 0.344 e. The lowest BCUT2D eigenvalue weighted by Crippen LogP contribution is -2.49. The van der Waals surface area contributed by atoms with Gasteiger partial charge in [0.2, 0.25) is 5.91 Å². The van der Waals surface area contributed by atoms with Crippen molar-refractivity contribution in [2.45, 2.75) is 23.2 Å². The number of aromatic nitrogens is 1. The number of halogens is 1. The van der Waals surface area contributed by atoms with Crippen LogP contribution in [-0.4, -0.2) is 33.6 Å². The maximum Gasteiger partial charge on any atom is 0.344 e. The first-order valence-electron chi connectivity index (χ1n) is 9.13. The molecule has 2 N–H and O–H groups in total. The van der Waals surface area contributed by atoms with Crippen LogP contribution < -0.4 is 10.7 Å². The van der Waals surface area contributed by atoms with Gasteiger partial charge < -0.3 is 5.32 Å². The molecule has 30 heavy (non-hydrogen) atoms. The topological polar surface area (TPSA) is 91.4 Å². The number of thioether (sulfide) groups is 1. The number of imide groups is 1. The molecule has 4 rings (SSSR count). The fourth-order valence-electron chi connectivity index (χ4n) is 3.26. The van der Waals surface area contributed by atoms with Crippen molar-refractivity contribution in [3.05, 3.63) is 59.1 Å². The molecule has 154 valence electrons. The van der Waals surface area contributed by atoms with Crippen molar-refractivity contribution in [3.8, 4) is 0 Å². The number of urea groups is 1. The van der Waals surface area contributed by atoms with Gasteiger partial charge in [0.25, 0.3) is 5.91 Å². The molecule has 7 nitrogen and oxygen atoms in total. The first kappa shape index (κ1) is 20.6. The van der Waals surface area contributed by atoms with E-state index in [1.165, 1.54) is 23.1 Å². The van der Waals surface area contributed by atoms with E-state index in [0.717, 1.165) is 15.2 Å². The van der Waals surface area contributed by atoms with Crippen molar-refractivity contribution < 1.29 is 14.4 Å². The second-order valence-electron chi connectivity index (χ2n) is 6.61. The number of amides is 4. The molecule has 1 aromatic heterocycles. The van der Waals surface area contributed by atoms with Gasteiger partial charge in [-0.15, -0.1) is 11.3 Å². The number of nitrogens with zero attached hydrogens (tertiary/aromatic N) is 2. The molecule has 1 unspecified atom stereocenters. The maximum atomic E-state index is 13.0. The van der Waals surface area contributed by atoms with Gasteiger partial charge in [-0.25, -0.2) is 9.78 Å². The van der Waals surface area contributed by atoms with Gasteiger partial charge in [0.1, 0.15) is 5.54 Å². The fourth-order valence-corrected chi connectivity index (χ4v) is 5.27. The number of nitrogens with one attached hydrogen (secondary N) is 2. The summed E-state index contributed by atoms with van der Waals surface area (Å²) in [5.74, 6) is -0.968. The second kappa shape index (κ2) is 8.25. The molecule has 10 heteroatoms. The van der Waals surface area contributed by atoms with Crippen LogP contribution in [0.25, 0.3) is 10.2 Å². The predicted octanol–water partition coefficient (Wildman–Crippen LogP) is 3.93. The fraction of sp³-hybridized carbons (Fsp3) is 0.200. The van der Waals surface area contributed by atoms with Gasteiger partial charge in [0.05, 0.1) is 16.0 Å². The van der Waals surface area contributed by atoms with Gasteiger partial charge in [0, 0.05) is 5.02 Å². The Kier molecular flexibility index (Phi) is 5.68. The predicted molar refractivity (Wildman–Crippen MR) is 117 cm³/mol. The van der Waals surface area contributed by atoms with Crippen LogP contribution in [0.15, 0.2) is 52.9 Å². The van der Waals surface area contributed by atoms with E-state index in [-0.39, 0.29) is 5.75 Å². The molecule has 1 atom stereocenters. The summed E-state index contributed by atoms with van der Waals surface area (Å²) in [5.41, 5.74) is 2.66. The molecule has 4 amide bonds. The van der Waals surface area contributed by atoms with Crippen LogP contribution in [0, 0.1) is 0 Å². The quantitative estimate of drug-likeness (QED) is 0.429. The average Bonchev–Trinajstić information content (AvgIpc) is 3.26. The third-order valence-electron chi connectivity index (χ3n) is 4.78. The number of rotatable bonds is 6. The molecule has 1 fully saturated rings. The molecule has 2 aromatic carbocycles. The van der Waals surface area contributed by atoms with Crippen molar-refractivity contribution in [2.24, 2.45) is 0 Å². The van der Waals surface area contributed by atoms with Crippen molar-refractivity contribution in [2.75, 3.05) is 5.75 Å². The summed E-state index contributed by atoms with van der Waals surface area (Å²) in [7, 11) is 0. The highest BCUT2D eigenvalue weighted by atomic mass is 35.5. The van der Waals surface area contributed by atoms with E-state index in [1.807, 2.05) is 19.1 Å². The third-order valence-corrected chi connectivity index (χ3v) is 7.20. The highest BCUT2D eigenvalue weighted by Crippen LogP contribution is 2.32. The second-order valence-corrected chi connectivity index (χ2v) is 9.30. The van der Waals surface area contributed by atoms with Gasteiger partial charge in [-0.1, -0.05) is 60.6 Å². The van der Waals surface area contributed by atoms with Crippen LogP contribution in [0.2, 0.25) is 5.02 Å². The number of fused-ring (bicyclic) bond motifs is 1. The Bertz CT molecular complexity index is 1140. The minimum absolute atomic E-state index is 0.00900. The van der Waals surface area contributed by atoms with E-state index in [9.17, 15) is 14.4 Å². The van der Waals surface area contributed by atoms with Gasteiger partial charge >= 0.3 is 6.03 Å². The van der Waals surface area contributed by atoms with Gasteiger partial charge in [-0.2, -0.15) is 5.01 Å². The summed E-state index contributed by atoms with van der Waals surface area (Å²) in [4.78, 5) is 42.3. The van der Waals surface area contributed by atoms with Crippen molar-refractivity contribution in [1.29, 1.82) is 0 Å². The molecule has 0 bridgehead atoms.